The number of benzene rings is 1. The molecule has 1 aliphatic heterocycles. The zero-order valence-corrected chi connectivity index (χ0v) is 11.6. The molecule has 1 aromatic carbocycles. The minimum Gasteiger partial charge on any atom is -0.504 e. The monoisotopic (exact) mass is 273 g/mol. The molecule has 1 aromatic rings. The number of aromatic hydroxyl groups is 1. The van der Waals surface area contributed by atoms with Crippen molar-refractivity contribution in [2.24, 2.45) is 5.92 Å². The molecule has 2 aliphatic carbocycles. The highest BCUT2D eigenvalue weighted by Crippen LogP contribution is 2.56. The highest BCUT2D eigenvalue weighted by atomic mass is 16.5. The van der Waals surface area contributed by atoms with E-state index in [-0.39, 0.29) is 23.8 Å². The first kappa shape index (κ1) is 12.1. The Morgan fingerprint density at radius 3 is 3.00 bits per heavy atom. The third kappa shape index (κ3) is 1.57. The van der Waals surface area contributed by atoms with Gasteiger partial charge in [0.1, 0.15) is 6.10 Å². The summed E-state index contributed by atoms with van der Waals surface area (Å²) >= 11 is 0. The summed E-state index contributed by atoms with van der Waals surface area (Å²) in [6.45, 7) is 1.55. The van der Waals surface area contributed by atoms with Gasteiger partial charge in [0.25, 0.3) is 0 Å². The lowest BCUT2D eigenvalue weighted by molar-refractivity contribution is -0.120. The molecule has 4 rings (SSSR count). The fourth-order valence-corrected chi connectivity index (χ4v) is 4.36. The van der Waals surface area contributed by atoms with E-state index in [1.807, 2.05) is 6.07 Å². The summed E-state index contributed by atoms with van der Waals surface area (Å²) in [4.78, 5) is 11.4. The summed E-state index contributed by atoms with van der Waals surface area (Å²) in [5.41, 5.74) is 2.52. The average Bonchev–Trinajstić information content (AvgIpc) is 2.82. The van der Waals surface area contributed by atoms with Crippen LogP contribution in [0.3, 0.4) is 0 Å². The molecular formula is C16H19NO3. The SMILES string of the molecule is CC(=O)NC1CCC2CCc3ccc(O)c4c3C2[C@@H]1O4. The van der Waals surface area contributed by atoms with Crippen LogP contribution >= 0.6 is 0 Å². The second-order valence-electron chi connectivity index (χ2n) is 6.28. The van der Waals surface area contributed by atoms with Crippen LogP contribution in [0.25, 0.3) is 0 Å². The van der Waals surface area contributed by atoms with E-state index in [1.54, 1.807) is 13.0 Å². The standard InChI is InChI=1S/C16H19NO3/c1-8(18)17-11-6-4-9-2-3-10-5-7-12(19)16-14(10)13(9)15(11)20-16/h5,7,9,11,13,15,19H,2-4,6H2,1H3,(H,17,18)/t9?,11?,13?,15-/m1/s1. The van der Waals surface area contributed by atoms with Crippen LogP contribution in [0.4, 0.5) is 0 Å². The Balaban J connectivity index is 1.77. The van der Waals surface area contributed by atoms with Gasteiger partial charge in [0.05, 0.1) is 6.04 Å². The van der Waals surface area contributed by atoms with Crippen molar-refractivity contribution in [3.05, 3.63) is 23.3 Å². The van der Waals surface area contributed by atoms with Crippen LogP contribution in [-0.2, 0) is 11.2 Å². The number of amides is 1. The number of ether oxygens (including phenoxy) is 1. The molecule has 3 aliphatic rings. The van der Waals surface area contributed by atoms with Crippen molar-refractivity contribution >= 4 is 5.91 Å². The van der Waals surface area contributed by atoms with Gasteiger partial charge in [0, 0.05) is 18.4 Å². The van der Waals surface area contributed by atoms with E-state index in [0.29, 0.717) is 17.6 Å². The Morgan fingerprint density at radius 2 is 2.20 bits per heavy atom. The fourth-order valence-electron chi connectivity index (χ4n) is 4.36. The second kappa shape index (κ2) is 4.14. The summed E-state index contributed by atoms with van der Waals surface area (Å²) in [6.07, 6.45) is 4.35. The van der Waals surface area contributed by atoms with Crippen LogP contribution in [0.15, 0.2) is 12.1 Å². The number of hydrogen-bond donors (Lipinski definition) is 2. The molecule has 4 heteroatoms. The Bertz CT molecular complexity index is 583. The van der Waals surface area contributed by atoms with Crippen LogP contribution in [0.5, 0.6) is 11.5 Å². The maximum absolute atomic E-state index is 11.4. The number of aryl methyl sites for hydroxylation is 1. The van der Waals surface area contributed by atoms with Gasteiger partial charge in [-0.05, 0) is 43.2 Å². The van der Waals surface area contributed by atoms with Crippen LogP contribution in [0, 0.1) is 5.92 Å². The van der Waals surface area contributed by atoms with Crippen LogP contribution in [-0.4, -0.2) is 23.2 Å². The smallest absolute Gasteiger partial charge is 0.217 e. The van der Waals surface area contributed by atoms with Gasteiger partial charge in [0.2, 0.25) is 5.91 Å². The molecule has 1 saturated carbocycles. The van der Waals surface area contributed by atoms with Gasteiger partial charge < -0.3 is 15.2 Å². The van der Waals surface area contributed by atoms with Gasteiger partial charge in [-0.15, -0.1) is 0 Å². The maximum atomic E-state index is 11.4. The summed E-state index contributed by atoms with van der Waals surface area (Å²) < 4.78 is 6.08. The molecule has 1 amide bonds. The molecule has 3 unspecified atom stereocenters. The van der Waals surface area contributed by atoms with Crippen molar-refractivity contribution in [2.45, 2.75) is 50.7 Å². The van der Waals surface area contributed by atoms with E-state index in [0.717, 1.165) is 19.3 Å². The first-order chi connectivity index (χ1) is 9.65. The first-order valence-corrected chi connectivity index (χ1v) is 7.43. The minimum absolute atomic E-state index is 0.00624. The topological polar surface area (TPSA) is 58.6 Å². The lowest BCUT2D eigenvalue weighted by atomic mass is 9.66. The molecule has 0 aromatic heterocycles. The molecular weight excluding hydrogens is 254 g/mol. The molecule has 1 fully saturated rings. The number of hydrogen-bond acceptors (Lipinski definition) is 3. The zero-order valence-electron chi connectivity index (χ0n) is 11.6. The molecule has 0 saturated heterocycles. The van der Waals surface area contributed by atoms with Crippen molar-refractivity contribution in [3.8, 4) is 11.5 Å². The third-order valence-corrected chi connectivity index (χ3v) is 5.13. The lowest BCUT2D eigenvalue weighted by Gasteiger charge is -2.41. The van der Waals surface area contributed by atoms with Crippen molar-refractivity contribution in [2.75, 3.05) is 0 Å². The average molecular weight is 273 g/mol. The number of phenols is 1. The molecule has 20 heavy (non-hydrogen) atoms. The zero-order chi connectivity index (χ0) is 13.9. The predicted octanol–water partition coefficient (Wildman–Crippen LogP) is 2.10. The molecule has 0 radical (unpaired) electrons. The highest BCUT2D eigenvalue weighted by molar-refractivity contribution is 5.73. The van der Waals surface area contributed by atoms with Crippen molar-refractivity contribution in [1.82, 2.24) is 5.32 Å². The van der Waals surface area contributed by atoms with E-state index >= 15 is 0 Å². The number of rotatable bonds is 1. The molecule has 0 bridgehead atoms. The lowest BCUT2D eigenvalue weighted by Crippen LogP contribution is -2.51. The first-order valence-electron chi connectivity index (χ1n) is 7.43. The molecule has 4 nitrogen and oxygen atoms in total. The van der Waals surface area contributed by atoms with Gasteiger partial charge in [0.15, 0.2) is 11.5 Å². The van der Waals surface area contributed by atoms with Gasteiger partial charge in [-0.1, -0.05) is 6.07 Å². The second-order valence-corrected chi connectivity index (χ2v) is 6.28. The Morgan fingerprint density at radius 1 is 1.35 bits per heavy atom. The van der Waals surface area contributed by atoms with E-state index in [9.17, 15) is 9.90 Å². The van der Waals surface area contributed by atoms with Gasteiger partial charge in [-0.25, -0.2) is 0 Å². The predicted molar refractivity (Wildman–Crippen MR) is 73.9 cm³/mol. The van der Waals surface area contributed by atoms with Crippen LogP contribution < -0.4 is 10.1 Å². The van der Waals surface area contributed by atoms with Crippen LogP contribution in [0.1, 0.15) is 43.2 Å². The summed E-state index contributed by atoms with van der Waals surface area (Å²) in [6, 6.07) is 3.82. The van der Waals surface area contributed by atoms with E-state index in [2.05, 4.69) is 5.32 Å². The number of phenolic OH excluding ortho intramolecular Hbond substituents is 1. The number of carbonyl (C=O) groups excluding carboxylic acids is 1. The van der Waals surface area contributed by atoms with E-state index < -0.39 is 0 Å². The Kier molecular flexibility index (Phi) is 2.50. The van der Waals surface area contributed by atoms with Crippen molar-refractivity contribution in [1.29, 1.82) is 0 Å². The van der Waals surface area contributed by atoms with E-state index in [1.165, 1.54) is 17.5 Å². The van der Waals surface area contributed by atoms with Crippen molar-refractivity contribution in [3.63, 3.8) is 0 Å². The Hall–Kier alpha value is -1.71. The third-order valence-electron chi connectivity index (χ3n) is 5.13. The van der Waals surface area contributed by atoms with Crippen LogP contribution in [0.2, 0.25) is 0 Å². The molecule has 2 N–H and O–H groups in total. The molecule has 106 valence electrons. The normalized spacial score (nSPS) is 33.2. The van der Waals surface area contributed by atoms with Gasteiger partial charge >= 0.3 is 0 Å². The van der Waals surface area contributed by atoms with Gasteiger partial charge in [-0.2, -0.15) is 0 Å². The summed E-state index contributed by atoms with van der Waals surface area (Å²) in [5, 5.41) is 13.1. The van der Waals surface area contributed by atoms with Gasteiger partial charge in [-0.3, -0.25) is 4.79 Å². The molecule has 1 heterocycles. The maximum Gasteiger partial charge on any atom is 0.217 e. The molecule has 4 atom stereocenters. The summed E-state index contributed by atoms with van der Waals surface area (Å²) in [7, 11) is 0. The fraction of sp³-hybridized carbons (Fsp3) is 0.562. The molecule has 0 spiro atoms. The largest absolute Gasteiger partial charge is 0.504 e. The number of carbonyl (C=O) groups is 1. The Labute approximate surface area is 118 Å². The highest BCUT2D eigenvalue weighted by Gasteiger charge is 2.50. The number of nitrogens with one attached hydrogen (secondary N) is 1. The van der Waals surface area contributed by atoms with Crippen molar-refractivity contribution < 1.29 is 14.6 Å². The quantitative estimate of drug-likeness (QED) is 0.824. The summed E-state index contributed by atoms with van der Waals surface area (Å²) in [5.74, 6) is 1.86. The van der Waals surface area contributed by atoms with E-state index in [4.69, 9.17) is 4.74 Å². The minimum atomic E-state index is -0.0139.